The van der Waals surface area contributed by atoms with E-state index >= 15 is 0 Å². The van der Waals surface area contributed by atoms with Crippen LogP contribution >= 0.6 is 31.9 Å². The number of benzene rings is 1. The van der Waals surface area contributed by atoms with Gasteiger partial charge >= 0.3 is 0 Å². The summed E-state index contributed by atoms with van der Waals surface area (Å²) in [6, 6.07) is 8.42. The fraction of sp³-hybridized carbons (Fsp3) is 0.600. The lowest BCUT2D eigenvalue weighted by Gasteiger charge is -2.25. The smallest absolute Gasteiger partial charge is 0.0701 e. The monoisotopic (exact) mass is 521 g/mol. The lowest BCUT2D eigenvalue weighted by atomic mass is 10.2. The average Bonchev–Trinajstić information content (AvgIpc) is 2.68. The number of anilines is 1. The van der Waals surface area contributed by atoms with Gasteiger partial charge in [0.2, 0.25) is 0 Å². The predicted molar refractivity (Wildman–Crippen MR) is 119 cm³/mol. The molecule has 0 aliphatic carbocycles. The molecule has 0 aromatic heterocycles. The van der Waals surface area contributed by atoms with Gasteiger partial charge in [-0.15, -0.1) is 0 Å². The molecule has 2 rings (SSSR count). The minimum atomic E-state index is 0.573. The molecule has 0 saturated carbocycles. The van der Waals surface area contributed by atoms with Gasteiger partial charge in [-0.3, -0.25) is 0 Å². The molecule has 0 spiro atoms. The van der Waals surface area contributed by atoms with Crippen molar-refractivity contribution in [2.45, 2.75) is 0 Å². The number of ether oxygens (including phenoxy) is 5. The molecule has 1 aliphatic heterocycles. The fourth-order valence-corrected chi connectivity index (χ4v) is 3.14. The summed E-state index contributed by atoms with van der Waals surface area (Å²) in [6.45, 7) is 7.46. The van der Waals surface area contributed by atoms with E-state index in [0.29, 0.717) is 66.1 Å². The summed E-state index contributed by atoms with van der Waals surface area (Å²) in [5.41, 5.74) is 2.27. The summed E-state index contributed by atoms with van der Waals surface area (Å²) in [5, 5.41) is 0. The molecule has 1 heterocycles. The summed E-state index contributed by atoms with van der Waals surface area (Å²) < 4.78 is 28.8. The first kappa shape index (κ1) is 23.8. The van der Waals surface area contributed by atoms with Crippen LogP contribution in [0, 0.1) is 0 Å². The van der Waals surface area contributed by atoms with Crippen LogP contribution in [0.4, 0.5) is 5.69 Å². The van der Waals surface area contributed by atoms with Gasteiger partial charge in [0.1, 0.15) is 0 Å². The Morgan fingerprint density at radius 3 is 1.43 bits per heavy atom. The number of rotatable bonds is 2. The molecule has 0 atom stereocenters. The molecular formula is C20H29Br2NO5. The van der Waals surface area contributed by atoms with Crippen LogP contribution in [0.15, 0.2) is 27.7 Å². The van der Waals surface area contributed by atoms with E-state index in [1.165, 1.54) is 0 Å². The van der Waals surface area contributed by atoms with E-state index in [1.807, 2.05) is 6.08 Å². The maximum Gasteiger partial charge on any atom is 0.0701 e. The van der Waals surface area contributed by atoms with E-state index in [1.54, 1.807) is 0 Å². The van der Waals surface area contributed by atoms with Crippen molar-refractivity contribution in [3.8, 4) is 0 Å². The quantitative estimate of drug-likeness (QED) is 0.590. The molecule has 158 valence electrons. The summed E-state index contributed by atoms with van der Waals surface area (Å²) in [4.78, 5) is 2.27. The average molecular weight is 523 g/mol. The van der Waals surface area contributed by atoms with Crippen LogP contribution in [-0.4, -0.2) is 79.2 Å². The SMILES string of the molecule is BrC(Br)=Cc1ccc(N2CCOCCOCCOCCOCCOCC2)cc1. The standard InChI is InChI=1S/C20H29Br2NO5/c21-20(22)17-18-1-3-19(4-2-18)23-5-7-24-9-11-26-13-15-28-16-14-27-12-10-25-8-6-23/h1-4,17H,5-16H2. The molecule has 6 nitrogen and oxygen atoms in total. The third kappa shape index (κ3) is 10.9. The lowest BCUT2D eigenvalue weighted by Crippen LogP contribution is -2.31. The number of nitrogens with zero attached hydrogens (tertiary/aromatic N) is 1. The molecule has 1 aromatic carbocycles. The van der Waals surface area contributed by atoms with Crippen molar-refractivity contribution in [1.29, 1.82) is 0 Å². The Hall–Kier alpha value is -0.480. The van der Waals surface area contributed by atoms with E-state index in [2.05, 4.69) is 61.0 Å². The van der Waals surface area contributed by atoms with Crippen LogP contribution in [0.2, 0.25) is 0 Å². The van der Waals surface area contributed by atoms with E-state index in [9.17, 15) is 0 Å². The van der Waals surface area contributed by atoms with Crippen LogP contribution in [0.25, 0.3) is 6.08 Å². The zero-order valence-electron chi connectivity index (χ0n) is 16.1. The van der Waals surface area contributed by atoms with Gasteiger partial charge in [-0.05, 0) is 55.6 Å². The summed E-state index contributed by atoms with van der Waals surface area (Å²) in [5.74, 6) is 0. The predicted octanol–water partition coefficient (Wildman–Crippen LogP) is 3.68. The molecule has 28 heavy (non-hydrogen) atoms. The van der Waals surface area contributed by atoms with E-state index in [0.717, 1.165) is 27.7 Å². The Labute approximate surface area is 184 Å². The van der Waals surface area contributed by atoms with Crippen LogP contribution in [0.5, 0.6) is 0 Å². The van der Waals surface area contributed by atoms with E-state index < -0.39 is 0 Å². The van der Waals surface area contributed by atoms with Gasteiger partial charge in [-0.1, -0.05) is 12.1 Å². The highest BCUT2D eigenvalue weighted by molar-refractivity contribution is 9.28. The van der Waals surface area contributed by atoms with Crippen molar-refractivity contribution in [3.63, 3.8) is 0 Å². The van der Waals surface area contributed by atoms with Crippen molar-refractivity contribution in [1.82, 2.24) is 0 Å². The van der Waals surface area contributed by atoms with Crippen LogP contribution < -0.4 is 4.90 Å². The molecule has 0 bridgehead atoms. The molecule has 1 aromatic rings. The Bertz CT molecular complexity index is 534. The highest BCUT2D eigenvalue weighted by atomic mass is 79.9. The van der Waals surface area contributed by atoms with Crippen molar-refractivity contribution in [3.05, 3.63) is 33.2 Å². The molecule has 1 saturated heterocycles. The summed E-state index contributed by atoms with van der Waals surface area (Å²) in [6.07, 6.45) is 2.01. The van der Waals surface area contributed by atoms with Gasteiger partial charge < -0.3 is 28.6 Å². The Kier molecular flexibility index (Phi) is 13.1. The molecule has 1 fully saturated rings. The molecule has 0 amide bonds. The molecular weight excluding hydrogens is 494 g/mol. The van der Waals surface area contributed by atoms with Crippen molar-refractivity contribution >= 4 is 43.6 Å². The van der Waals surface area contributed by atoms with Gasteiger partial charge in [0.05, 0.1) is 69.5 Å². The third-order valence-electron chi connectivity index (χ3n) is 4.03. The zero-order chi connectivity index (χ0) is 19.9. The topological polar surface area (TPSA) is 49.4 Å². The fourth-order valence-electron chi connectivity index (χ4n) is 2.61. The first-order chi connectivity index (χ1) is 13.8. The molecule has 0 N–H and O–H groups in total. The summed E-state index contributed by atoms with van der Waals surface area (Å²) in [7, 11) is 0. The van der Waals surface area contributed by atoms with Crippen LogP contribution in [0.1, 0.15) is 5.56 Å². The number of hydrogen-bond acceptors (Lipinski definition) is 6. The second-order valence-corrected chi connectivity index (χ2v) is 8.85. The first-order valence-electron chi connectivity index (χ1n) is 9.52. The maximum absolute atomic E-state index is 5.72. The minimum absolute atomic E-state index is 0.573. The van der Waals surface area contributed by atoms with E-state index in [-0.39, 0.29) is 0 Å². The van der Waals surface area contributed by atoms with Gasteiger partial charge in [0.15, 0.2) is 0 Å². The van der Waals surface area contributed by atoms with Crippen molar-refractivity contribution < 1.29 is 23.7 Å². The summed E-state index contributed by atoms with van der Waals surface area (Å²) >= 11 is 6.79. The second-order valence-electron chi connectivity index (χ2n) is 6.07. The van der Waals surface area contributed by atoms with Crippen LogP contribution in [0.3, 0.4) is 0 Å². The molecule has 0 unspecified atom stereocenters. The van der Waals surface area contributed by atoms with Gasteiger partial charge in [-0.25, -0.2) is 0 Å². The number of halogens is 2. The molecule has 1 aliphatic rings. The Morgan fingerprint density at radius 2 is 1.04 bits per heavy atom. The largest absolute Gasteiger partial charge is 0.377 e. The van der Waals surface area contributed by atoms with Crippen LogP contribution in [-0.2, 0) is 23.7 Å². The third-order valence-corrected chi connectivity index (χ3v) is 4.49. The molecule has 0 radical (unpaired) electrons. The van der Waals surface area contributed by atoms with Gasteiger partial charge in [-0.2, -0.15) is 0 Å². The zero-order valence-corrected chi connectivity index (χ0v) is 19.3. The van der Waals surface area contributed by atoms with E-state index in [4.69, 9.17) is 23.7 Å². The maximum atomic E-state index is 5.72. The first-order valence-corrected chi connectivity index (χ1v) is 11.1. The molecule has 8 heteroatoms. The minimum Gasteiger partial charge on any atom is -0.377 e. The highest BCUT2D eigenvalue weighted by Crippen LogP contribution is 2.21. The Morgan fingerprint density at radius 1 is 0.643 bits per heavy atom. The normalized spacial score (nSPS) is 19.4. The van der Waals surface area contributed by atoms with Crippen molar-refractivity contribution in [2.24, 2.45) is 0 Å². The Balaban J connectivity index is 1.87. The second kappa shape index (κ2) is 15.4. The van der Waals surface area contributed by atoms with Gasteiger partial charge in [0.25, 0.3) is 0 Å². The lowest BCUT2D eigenvalue weighted by molar-refractivity contribution is -0.0116. The van der Waals surface area contributed by atoms with Crippen molar-refractivity contribution in [2.75, 3.05) is 84.1 Å². The van der Waals surface area contributed by atoms with Gasteiger partial charge in [0, 0.05) is 18.8 Å². The number of hydrogen-bond donors (Lipinski definition) is 0. The highest BCUT2D eigenvalue weighted by Gasteiger charge is 2.07.